The van der Waals surface area contributed by atoms with Crippen molar-refractivity contribution in [3.05, 3.63) is 10.6 Å². The Morgan fingerprint density at radius 1 is 1.28 bits per heavy atom. The first-order valence-corrected chi connectivity index (χ1v) is 7.52. The van der Waals surface area contributed by atoms with Gasteiger partial charge < -0.3 is 4.57 Å². The molecule has 4 aliphatic carbocycles. The van der Waals surface area contributed by atoms with E-state index in [0.29, 0.717) is 10.8 Å². The second kappa shape index (κ2) is 3.27. The van der Waals surface area contributed by atoms with Crippen molar-refractivity contribution < 1.29 is 0 Å². The number of rotatable bonds is 1. The quantitative estimate of drug-likeness (QED) is 0.788. The van der Waals surface area contributed by atoms with E-state index in [4.69, 9.17) is 12.2 Å². The largest absolute Gasteiger partial charge is 0.307 e. The number of H-pyrrole nitrogens is 1. The lowest BCUT2D eigenvalue weighted by atomic mass is 9.44. The van der Waals surface area contributed by atoms with Crippen molar-refractivity contribution in [2.75, 3.05) is 0 Å². The van der Waals surface area contributed by atoms with Gasteiger partial charge in [-0.05, 0) is 68.0 Å². The SMILES string of the molecule is Cn1c(C23CC4CC(CC(C)(C4)C2)C3)n[nH]c1=S. The molecule has 0 radical (unpaired) electrons. The molecule has 0 aliphatic heterocycles. The third kappa shape index (κ3) is 1.35. The van der Waals surface area contributed by atoms with Crippen LogP contribution in [-0.2, 0) is 12.5 Å². The predicted molar refractivity (Wildman–Crippen MR) is 72.9 cm³/mol. The standard InChI is InChI=1S/C14H21N3S/c1-13-4-9-3-10(5-13)7-14(6-9,8-13)11-15-16-12(18)17(11)2/h9-10H,3-8H2,1-2H3,(H,16,18). The molecule has 0 spiro atoms. The van der Waals surface area contributed by atoms with E-state index < -0.39 is 0 Å². The summed E-state index contributed by atoms with van der Waals surface area (Å²) in [5, 5.41) is 7.57. The molecule has 0 amide bonds. The molecule has 3 nitrogen and oxygen atoms in total. The molecule has 5 rings (SSSR count). The highest BCUT2D eigenvalue weighted by molar-refractivity contribution is 7.71. The molecular formula is C14H21N3S. The fraction of sp³-hybridized carbons (Fsp3) is 0.857. The van der Waals surface area contributed by atoms with Gasteiger partial charge in [0.05, 0.1) is 0 Å². The Kier molecular flexibility index (Phi) is 2.04. The summed E-state index contributed by atoms with van der Waals surface area (Å²) in [4.78, 5) is 0. The van der Waals surface area contributed by atoms with Gasteiger partial charge in [0.25, 0.3) is 0 Å². The lowest BCUT2D eigenvalue weighted by molar-refractivity contribution is -0.0658. The Labute approximate surface area is 113 Å². The highest BCUT2D eigenvalue weighted by Gasteiger charge is 2.57. The van der Waals surface area contributed by atoms with Crippen LogP contribution in [0.25, 0.3) is 0 Å². The molecule has 4 saturated carbocycles. The normalized spacial score (nSPS) is 45.7. The van der Waals surface area contributed by atoms with Crippen molar-refractivity contribution in [1.82, 2.24) is 14.8 Å². The van der Waals surface area contributed by atoms with E-state index in [1.165, 1.54) is 44.3 Å². The van der Waals surface area contributed by atoms with Gasteiger partial charge in [-0.25, -0.2) is 0 Å². The Balaban J connectivity index is 1.84. The molecule has 2 atom stereocenters. The topological polar surface area (TPSA) is 33.6 Å². The fourth-order valence-electron chi connectivity index (χ4n) is 5.80. The highest BCUT2D eigenvalue weighted by Crippen LogP contribution is 2.65. The lowest BCUT2D eigenvalue weighted by Crippen LogP contribution is -2.53. The minimum atomic E-state index is 0.321. The first-order valence-electron chi connectivity index (χ1n) is 7.12. The maximum Gasteiger partial charge on any atom is 0.194 e. The van der Waals surface area contributed by atoms with E-state index in [-0.39, 0.29) is 0 Å². The maximum atomic E-state index is 5.30. The third-order valence-corrected chi connectivity index (χ3v) is 6.07. The van der Waals surface area contributed by atoms with E-state index in [1.54, 1.807) is 0 Å². The highest BCUT2D eigenvalue weighted by atomic mass is 32.1. The van der Waals surface area contributed by atoms with Crippen LogP contribution in [0.5, 0.6) is 0 Å². The van der Waals surface area contributed by atoms with E-state index in [2.05, 4.69) is 28.7 Å². The maximum absolute atomic E-state index is 5.30. The van der Waals surface area contributed by atoms with Gasteiger partial charge in [0.15, 0.2) is 4.77 Å². The van der Waals surface area contributed by atoms with E-state index in [1.807, 2.05) is 0 Å². The Bertz CT molecular complexity index is 542. The Morgan fingerprint density at radius 3 is 2.44 bits per heavy atom. The molecule has 18 heavy (non-hydrogen) atoms. The average molecular weight is 263 g/mol. The van der Waals surface area contributed by atoms with E-state index in [9.17, 15) is 0 Å². The molecule has 4 fully saturated rings. The summed E-state index contributed by atoms with van der Waals surface area (Å²) in [6.07, 6.45) is 8.35. The molecule has 0 aromatic carbocycles. The van der Waals surface area contributed by atoms with Crippen LogP contribution < -0.4 is 0 Å². The fourth-order valence-corrected chi connectivity index (χ4v) is 5.94. The van der Waals surface area contributed by atoms with Crippen molar-refractivity contribution >= 4 is 12.2 Å². The second-order valence-corrected chi connectivity index (χ2v) is 7.85. The predicted octanol–water partition coefficient (Wildman–Crippen LogP) is 3.34. The Hall–Kier alpha value is -0.640. The van der Waals surface area contributed by atoms with Crippen molar-refractivity contribution in [1.29, 1.82) is 0 Å². The summed E-state index contributed by atoms with van der Waals surface area (Å²) in [5.41, 5.74) is 0.888. The number of aromatic amines is 1. The monoisotopic (exact) mass is 263 g/mol. The number of nitrogens with one attached hydrogen (secondary N) is 1. The summed E-state index contributed by atoms with van der Waals surface area (Å²) >= 11 is 5.30. The number of nitrogens with zero attached hydrogens (tertiary/aromatic N) is 2. The van der Waals surface area contributed by atoms with Crippen LogP contribution in [0.1, 0.15) is 51.3 Å². The second-order valence-electron chi connectivity index (χ2n) is 7.46. The molecule has 2 unspecified atom stereocenters. The summed E-state index contributed by atoms with van der Waals surface area (Å²) in [6.45, 7) is 2.50. The molecule has 4 heteroatoms. The molecule has 1 aromatic rings. The van der Waals surface area contributed by atoms with Crippen LogP contribution in [0.3, 0.4) is 0 Å². The zero-order valence-electron chi connectivity index (χ0n) is 11.2. The van der Waals surface area contributed by atoms with E-state index in [0.717, 1.165) is 16.6 Å². The molecule has 4 bridgehead atoms. The van der Waals surface area contributed by atoms with Gasteiger partial charge in [-0.2, -0.15) is 5.10 Å². The smallest absolute Gasteiger partial charge is 0.194 e. The summed E-state index contributed by atoms with van der Waals surface area (Å²) in [7, 11) is 2.07. The zero-order chi connectivity index (χ0) is 12.5. The number of aromatic nitrogens is 3. The van der Waals surface area contributed by atoms with Gasteiger partial charge in [-0.3, -0.25) is 5.10 Å². The summed E-state index contributed by atoms with van der Waals surface area (Å²) < 4.78 is 2.89. The lowest BCUT2D eigenvalue weighted by Gasteiger charge is -2.60. The van der Waals surface area contributed by atoms with Gasteiger partial charge in [0.1, 0.15) is 5.82 Å². The molecule has 1 heterocycles. The summed E-state index contributed by atoms with van der Waals surface area (Å²) in [5.74, 6) is 3.09. The van der Waals surface area contributed by atoms with Gasteiger partial charge in [0, 0.05) is 12.5 Å². The van der Waals surface area contributed by atoms with Crippen molar-refractivity contribution in [2.45, 2.75) is 50.9 Å². The van der Waals surface area contributed by atoms with Crippen LogP contribution >= 0.6 is 12.2 Å². The van der Waals surface area contributed by atoms with Gasteiger partial charge in [-0.1, -0.05) is 6.92 Å². The Morgan fingerprint density at radius 2 is 1.94 bits per heavy atom. The molecular weight excluding hydrogens is 242 g/mol. The van der Waals surface area contributed by atoms with Crippen LogP contribution in [0.2, 0.25) is 0 Å². The van der Waals surface area contributed by atoms with Crippen LogP contribution in [0, 0.1) is 22.0 Å². The number of hydrogen-bond acceptors (Lipinski definition) is 2. The van der Waals surface area contributed by atoms with Crippen LogP contribution in [0.15, 0.2) is 0 Å². The van der Waals surface area contributed by atoms with Gasteiger partial charge >= 0.3 is 0 Å². The number of hydrogen-bond donors (Lipinski definition) is 1. The molecule has 4 aliphatic rings. The molecule has 0 saturated heterocycles. The molecule has 1 aromatic heterocycles. The van der Waals surface area contributed by atoms with Crippen LogP contribution in [0.4, 0.5) is 0 Å². The first-order chi connectivity index (χ1) is 8.50. The molecule has 1 N–H and O–H groups in total. The van der Waals surface area contributed by atoms with Crippen molar-refractivity contribution in [2.24, 2.45) is 24.3 Å². The van der Waals surface area contributed by atoms with Gasteiger partial charge in [0.2, 0.25) is 0 Å². The first kappa shape index (κ1) is 11.2. The van der Waals surface area contributed by atoms with Crippen LogP contribution in [-0.4, -0.2) is 14.8 Å². The minimum Gasteiger partial charge on any atom is -0.307 e. The van der Waals surface area contributed by atoms with Gasteiger partial charge in [-0.15, -0.1) is 0 Å². The average Bonchev–Trinajstić information content (AvgIpc) is 2.56. The van der Waals surface area contributed by atoms with Crippen molar-refractivity contribution in [3.63, 3.8) is 0 Å². The van der Waals surface area contributed by atoms with Crippen molar-refractivity contribution in [3.8, 4) is 0 Å². The summed E-state index contributed by atoms with van der Waals surface area (Å²) in [6, 6.07) is 0. The molecule has 98 valence electrons. The van der Waals surface area contributed by atoms with E-state index >= 15 is 0 Å². The zero-order valence-corrected chi connectivity index (χ0v) is 12.0. The third-order valence-electron chi connectivity index (χ3n) is 5.71. The minimum absolute atomic E-state index is 0.321.